The van der Waals surface area contributed by atoms with Crippen molar-refractivity contribution >= 4 is 33.7 Å². The van der Waals surface area contributed by atoms with Crippen molar-refractivity contribution in [1.29, 1.82) is 0 Å². The maximum absolute atomic E-state index is 15.3. The molecule has 0 unspecified atom stereocenters. The second kappa shape index (κ2) is 9.76. The number of amides is 1. The van der Waals surface area contributed by atoms with Crippen molar-refractivity contribution in [1.82, 2.24) is 30.1 Å². The Morgan fingerprint density at radius 2 is 1.66 bits per heavy atom. The normalized spacial score (nSPS) is 11.3. The van der Waals surface area contributed by atoms with Crippen LogP contribution in [0.5, 0.6) is 0 Å². The third kappa shape index (κ3) is 4.37. The minimum Gasteiger partial charge on any atom is -0.321 e. The minimum absolute atomic E-state index is 0.202. The maximum Gasteiger partial charge on any atom is 0.255 e. The molecule has 3 aromatic carbocycles. The number of nitrogens with one attached hydrogen (secondary N) is 3. The van der Waals surface area contributed by atoms with Gasteiger partial charge in [-0.05, 0) is 48.0 Å². The van der Waals surface area contributed by atoms with Gasteiger partial charge in [0, 0.05) is 40.0 Å². The highest BCUT2D eigenvalue weighted by atomic mass is 19.1. The Morgan fingerprint density at radius 3 is 2.51 bits per heavy atom. The molecule has 0 spiro atoms. The fourth-order valence-corrected chi connectivity index (χ4v) is 4.80. The molecule has 0 aliphatic rings. The summed E-state index contributed by atoms with van der Waals surface area (Å²) in [5, 5.41) is 10.4. The smallest absolute Gasteiger partial charge is 0.255 e. The van der Waals surface area contributed by atoms with E-state index in [0.29, 0.717) is 61.6 Å². The lowest BCUT2D eigenvalue weighted by Crippen LogP contribution is -2.11. The fourth-order valence-electron chi connectivity index (χ4n) is 4.80. The number of rotatable bonds is 5. The first kappa shape index (κ1) is 24.3. The summed E-state index contributed by atoms with van der Waals surface area (Å²) in [7, 11) is 0. The van der Waals surface area contributed by atoms with Gasteiger partial charge in [0.15, 0.2) is 11.5 Å². The summed E-state index contributed by atoms with van der Waals surface area (Å²) in [5.41, 5.74) is 4.55. The fraction of sp³-hybridized carbons (Fsp3) is 0. The average Bonchev–Trinajstić information content (AvgIpc) is 3.63. The SMILES string of the molecule is O=C(Nc1cncc(-c2cc(F)c3[nH]nc(-c4nc5c(-c6ccccc6F)ccnc5[nH]4)c3c2)c1)c1ccccc1. The third-order valence-corrected chi connectivity index (χ3v) is 6.76. The van der Waals surface area contributed by atoms with Gasteiger partial charge in [0.05, 0.1) is 11.9 Å². The number of halogens is 2. The van der Waals surface area contributed by atoms with Gasteiger partial charge in [-0.1, -0.05) is 36.4 Å². The molecule has 198 valence electrons. The molecule has 0 radical (unpaired) electrons. The van der Waals surface area contributed by atoms with Crippen molar-refractivity contribution in [2.45, 2.75) is 0 Å². The number of imidazole rings is 1. The highest BCUT2D eigenvalue weighted by molar-refractivity contribution is 6.04. The predicted octanol–water partition coefficient (Wildman–Crippen LogP) is 6.76. The van der Waals surface area contributed by atoms with Crippen molar-refractivity contribution in [3.63, 3.8) is 0 Å². The van der Waals surface area contributed by atoms with Crippen LogP contribution >= 0.6 is 0 Å². The largest absolute Gasteiger partial charge is 0.321 e. The Labute approximate surface area is 231 Å². The average molecular weight is 544 g/mol. The molecule has 0 atom stereocenters. The monoisotopic (exact) mass is 543 g/mol. The number of carbonyl (C=O) groups is 1. The van der Waals surface area contributed by atoms with E-state index in [4.69, 9.17) is 0 Å². The number of anilines is 1. The van der Waals surface area contributed by atoms with Crippen LogP contribution in [0.1, 0.15) is 10.4 Å². The number of fused-ring (bicyclic) bond motifs is 2. The number of aromatic nitrogens is 6. The Morgan fingerprint density at radius 1 is 0.829 bits per heavy atom. The molecule has 0 aliphatic heterocycles. The number of hydrogen-bond acceptors (Lipinski definition) is 5. The molecular weight excluding hydrogens is 524 g/mol. The zero-order valence-corrected chi connectivity index (χ0v) is 21.2. The summed E-state index contributed by atoms with van der Waals surface area (Å²) in [4.78, 5) is 29.0. The second-order valence-electron chi connectivity index (χ2n) is 9.36. The highest BCUT2D eigenvalue weighted by Crippen LogP contribution is 2.34. The van der Waals surface area contributed by atoms with E-state index < -0.39 is 5.82 Å². The molecule has 0 aliphatic carbocycles. The van der Waals surface area contributed by atoms with Crippen LogP contribution in [-0.4, -0.2) is 36.0 Å². The zero-order chi connectivity index (χ0) is 27.9. The number of benzene rings is 3. The molecule has 8 nitrogen and oxygen atoms in total. The van der Waals surface area contributed by atoms with E-state index in [1.54, 1.807) is 73.1 Å². The molecule has 4 heterocycles. The zero-order valence-electron chi connectivity index (χ0n) is 21.2. The number of hydrogen-bond donors (Lipinski definition) is 3. The number of pyridine rings is 2. The summed E-state index contributed by atoms with van der Waals surface area (Å²) in [6, 6.07) is 21.8. The van der Waals surface area contributed by atoms with E-state index in [-0.39, 0.29) is 17.2 Å². The van der Waals surface area contributed by atoms with Gasteiger partial charge in [-0.25, -0.2) is 18.7 Å². The summed E-state index contributed by atoms with van der Waals surface area (Å²) in [6.45, 7) is 0. The Balaban J connectivity index is 1.28. The van der Waals surface area contributed by atoms with Gasteiger partial charge in [0.2, 0.25) is 0 Å². The van der Waals surface area contributed by atoms with Gasteiger partial charge in [-0.15, -0.1) is 0 Å². The van der Waals surface area contributed by atoms with Crippen molar-refractivity contribution in [3.05, 3.63) is 115 Å². The molecule has 41 heavy (non-hydrogen) atoms. The molecule has 1 amide bonds. The van der Waals surface area contributed by atoms with E-state index in [2.05, 4.69) is 35.5 Å². The van der Waals surface area contributed by atoms with Crippen LogP contribution in [0.3, 0.4) is 0 Å². The van der Waals surface area contributed by atoms with Crippen molar-refractivity contribution in [2.75, 3.05) is 5.32 Å². The van der Waals surface area contributed by atoms with E-state index in [9.17, 15) is 9.18 Å². The predicted molar refractivity (Wildman–Crippen MR) is 152 cm³/mol. The van der Waals surface area contributed by atoms with Crippen LogP contribution in [0, 0.1) is 11.6 Å². The Kier molecular flexibility index (Phi) is 5.78. The lowest BCUT2D eigenvalue weighted by atomic mass is 10.0. The minimum atomic E-state index is -0.517. The van der Waals surface area contributed by atoms with Crippen LogP contribution in [-0.2, 0) is 0 Å². The molecule has 7 rings (SSSR count). The van der Waals surface area contributed by atoms with Gasteiger partial charge >= 0.3 is 0 Å². The molecular formula is C31H19F2N7O. The Bertz CT molecular complexity index is 2090. The lowest BCUT2D eigenvalue weighted by Gasteiger charge is -2.08. The van der Waals surface area contributed by atoms with Gasteiger partial charge < -0.3 is 10.3 Å². The van der Waals surface area contributed by atoms with Gasteiger partial charge in [-0.2, -0.15) is 5.10 Å². The number of aromatic amines is 2. The maximum atomic E-state index is 15.3. The molecule has 0 fully saturated rings. The van der Waals surface area contributed by atoms with Crippen molar-refractivity contribution < 1.29 is 13.6 Å². The molecule has 0 saturated carbocycles. The van der Waals surface area contributed by atoms with Crippen LogP contribution in [0.15, 0.2) is 97.5 Å². The quantitative estimate of drug-likeness (QED) is 0.222. The van der Waals surface area contributed by atoms with Crippen LogP contribution < -0.4 is 5.32 Å². The van der Waals surface area contributed by atoms with Crippen LogP contribution in [0.2, 0.25) is 0 Å². The van der Waals surface area contributed by atoms with Gasteiger partial charge in [0.25, 0.3) is 5.91 Å². The standard InChI is InChI=1S/C31H19F2N7O/c32-24-9-5-4-8-21(24)22-10-11-35-29-27(22)37-30(38-29)28-23-13-18(14-25(33)26(23)39-40-28)19-12-20(16-34-15-19)36-31(41)17-6-2-1-3-7-17/h1-16H,(H,36,41)(H,39,40)(H,35,37,38). The van der Waals surface area contributed by atoms with E-state index in [1.165, 1.54) is 18.3 Å². The molecule has 0 bridgehead atoms. The van der Waals surface area contributed by atoms with Crippen LogP contribution in [0.25, 0.3) is 55.8 Å². The van der Waals surface area contributed by atoms with Crippen LogP contribution in [0.4, 0.5) is 14.5 Å². The van der Waals surface area contributed by atoms with E-state index >= 15 is 4.39 Å². The van der Waals surface area contributed by atoms with Gasteiger partial charge in [-0.3, -0.25) is 14.9 Å². The second-order valence-corrected chi connectivity index (χ2v) is 9.36. The summed E-state index contributed by atoms with van der Waals surface area (Å²) >= 11 is 0. The summed E-state index contributed by atoms with van der Waals surface area (Å²) in [6.07, 6.45) is 4.68. The molecule has 0 saturated heterocycles. The van der Waals surface area contributed by atoms with Gasteiger partial charge in [0.1, 0.15) is 28.4 Å². The Hall–Kier alpha value is -5.77. The van der Waals surface area contributed by atoms with Crippen molar-refractivity contribution in [3.8, 4) is 33.8 Å². The third-order valence-electron chi connectivity index (χ3n) is 6.76. The topological polar surface area (TPSA) is 112 Å². The number of carbonyl (C=O) groups excluding carboxylic acids is 1. The first-order valence-electron chi connectivity index (χ1n) is 12.6. The van der Waals surface area contributed by atoms with E-state index in [1.807, 2.05) is 6.07 Å². The number of H-pyrrole nitrogens is 2. The first-order valence-corrected chi connectivity index (χ1v) is 12.6. The summed E-state index contributed by atoms with van der Waals surface area (Å²) in [5.74, 6) is -0.828. The molecule has 7 aromatic rings. The first-order chi connectivity index (χ1) is 20.0. The summed E-state index contributed by atoms with van der Waals surface area (Å²) < 4.78 is 29.9. The molecule has 3 N–H and O–H groups in total. The van der Waals surface area contributed by atoms with E-state index in [0.717, 1.165) is 0 Å². The lowest BCUT2D eigenvalue weighted by molar-refractivity contribution is 0.102. The molecule has 4 aromatic heterocycles. The highest BCUT2D eigenvalue weighted by Gasteiger charge is 2.19. The van der Waals surface area contributed by atoms with Crippen molar-refractivity contribution in [2.24, 2.45) is 0 Å². The number of nitrogens with zero attached hydrogens (tertiary/aromatic N) is 4. The molecule has 10 heteroatoms.